The van der Waals surface area contributed by atoms with Crippen molar-refractivity contribution in [2.24, 2.45) is 5.92 Å². The molecule has 19 heavy (non-hydrogen) atoms. The fraction of sp³-hybridized carbons (Fsp3) is 0.200. The lowest BCUT2D eigenvalue weighted by atomic mass is 10.1. The largest absolute Gasteiger partial charge is 0.293 e. The van der Waals surface area contributed by atoms with E-state index in [2.05, 4.69) is 22.3 Å². The van der Waals surface area contributed by atoms with Gasteiger partial charge >= 0.3 is 0 Å². The number of H-pyrrole nitrogens is 1. The average molecular weight is 268 g/mol. The monoisotopic (exact) mass is 268 g/mol. The van der Waals surface area contributed by atoms with Crippen LogP contribution in [0, 0.1) is 5.92 Å². The third kappa shape index (κ3) is 1.88. The summed E-state index contributed by atoms with van der Waals surface area (Å²) >= 11 is 1.59. The first-order chi connectivity index (χ1) is 9.31. The first-order valence-electron chi connectivity index (χ1n) is 6.39. The molecule has 1 aliphatic carbocycles. The van der Waals surface area contributed by atoms with Gasteiger partial charge in [-0.2, -0.15) is 5.10 Å². The van der Waals surface area contributed by atoms with Crippen molar-refractivity contribution in [2.45, 2.75) is 12.8 Å². The van der Waals surface area contributed by atoms with Crippen LogP contribution >= 0.6 is 11.3 Å². The van der Waals surface area contributed by atoms with Gasteiger partial charge in [-0.15, -0.1) is 11.3 Å². The van der Waals surface area contributed by atoms with E-state index in [4.69, 9.17) is 0 Å². The van der Waals surface area contributed by atoms with E-state index in [-0.39, 0.29) is 0 Å². The molecule has 4 heteroatoms. The zero-order valence-electron chi connectivity index (χ0n) is 10.2. The van der Waals surface area contributed by atoms with E-state index in [9.17, 15) is 4.79 Å². The minimum absolute atomic E-state index is 0.294. The van der Waals surface area contributed by atoms with E-state index < -0.39 is 0 Å². The molecule has 0 radical (unpaired) electrons. The Morgan fingerprint density at radius 1 is 1.26 bits per heavy atom. The molecule has 2 aromatic heterocycles. The summed E-state index contributed by atoms with van der Waals surface area (Å²) in [6.07, 6.45) is 3.95. The number of carbonyl (C=O) groups is 1. The van der Waals surface area contributed by atoms with Gasteiger partial charge in [0.15, 0.2) is 5.78 Å². The molecule has 1 saturated carbocycles. The third-order valence-corrected chi connectivity index (χ3v) is 4.67. The number of hydrogen-bond donors (Lipinski definition) is 1. The number of rotatable bonds is 3. The van der Waals surface area contributed by atoms with Crippen molar-refractivity contribution >= 4 is 28.0 Å². The summed E-state index contributed by atoms with van der Waals surface area (Å²) in [5.41, 5.74) is 2.18. The maximum absolute atomic E-state index is 12.0. The molecule has 4 rings (SSSR count). The van der Waals surface area contributed by atoms with Crippen molar-refractivity contribution in [1.82, 2.24) is 10.2 Å². The lowest BCUT2D eigenvalue weighted by Gasteiger charge is -1.97. The molecule has 0 saturated heterocycles. The summed E-state index contributed by atoms with van der Waals surface area (Å²) in [5.74, 6) is 0.614. The zero-order chi connectivity index (χ0) is 12.8. The van der Waals surface area contributed by atoms with Crippen LogP contribution in [0.25, 0.3) is 21.3 Å². The molecule has 3 nitrogen and oxygen atoms in total. The first kappa shape index (κ1) is 10.9. The number of hydrogen-bond acceptors (Lipinski definition) is 3. The van der Waals surface area contributed by atoms with Crippen LogP contribution < -0.4 is 0 Å². The summed E-state index contributed by atoms with van der Waals surface area (Å²) in [6, 6.07) is 10.2. The highest BCUT2D eigenvalue weighted by Crippen LogP contribution is 2.37. The fourth-order valence-electron chi connectivity index (χ4n) is 2.27. The second-order valence-corrected chi connectivity index (χ2v) is 6.06. The molecular weight excluding hydrogens is 256 g/mol. The van der Waals surface area contributed by atoms with Crippen molar-refractivity contribution in [3.05, 3.63) is 41.4 Å². The molecule has 1 aromatic carbocycles. The number of fused-ring (bicyclic) bond motifs is 1. The Kier molecular flexibility index (Phi) is 2.32. The van der Waals surface area contributed by atoms with E-state index in [1.807, 2.05) is 24.4 Å². The molecule has 3 aromatic rings. The minimum Gasteiger partial charge on any atom is -0.293 e. The van der Waals surface area contributed by atoms with Crippen molar-refractivity contribution in [1.29, 1.82) is 0 Å². The third-order valence-electron chi connectivity index (χ3n) is 3.52. The Morgan fingerprint density at radius 3 is 3.00 bits per heavy atom. The van der Waals surface area contributed by atoms with Gasteiger partial charge in [-0.25, -0.2) is 0 Å². The van der Waals surface area contributed by atoms with Crippen LogP contribution in [-0.4, -0.2) is 16.0 Å². The van der Waals surface area contributed by atoms with Gasteiger partial charge in [-0.3, -0.25) is 9.89 Å². The van der Waals surface area contributed by atoms with Gasteiger partial charge in [-0.05, 0) is 42.7 Å². The molecule has 0 spiro atoms. The molecule has 0 amide bonds. The number of ketones is 1. The zero-order valence-corrected chi connectivity index (χ0v) is 11.0. The maximum atomic E-state index is 12.0. The summed E-state index contributed by atoms with van der Waals surface area (Å²) in [4.78, 5) is 14.1. The van der Waals surface area contributed by atoms with Crippen molar-refractivity contribution in [3.63, 3.8) is 0 Å². The van der Waals surface area contributed by atoms with E-state index in [1.165, 1.54) is 0 Å². The standard InChI is InChI=1S/C15H12N2OS/c18-15(9-1-2-9)14-6-5-13(19-14)10-3-4-12-11(7-10)8-16-17-12/h3-9H,1-2H2,(H,16,17). The fourth-order valence-corrected chi connectivity index (χ4v) is 3.29. The highest BCUT2D eigenvalue weighted by atomic mass is 32.1. The Morgan fingerprint density at radius 2 is 2.16 bits per heavy atom. The van der Waals surface area contributed by atoms with Crippen molar-refractivity contribution < 1.29 is 4.79 Å². The van der Waals surface area contributed by atoms with E-state index in [0.717, 1.165) is 39.1 Å². The second-order valence-electron chi connectivity index (χ2n) is 4.97. The normalized spacial score (nSPS) is 14.9. The minimum atomic E-state index is 0.294. The molecule has 1 aliphatic rings. The number of carbonyl (C=O) groups excluding carboxylic acids is 1. The van der Waals surface area contributed by atoms with Gasteiger partial charge in [0.25, 0.3) is 0 Å². The van der Waals surface area contributed by atoms with Crippen LogP contribution in [0.2, 0.25) is 0 Å². The molecule has 2 heterocycles. The maximum Gasteiger partial charge on any atom is 0.175 e. The second kappa shape index (κ2) is 4.03. The van der Waals surface area contributed by atoms with Gasteiger partial charge in [-0.1, -0.05) is 6.07 Å². The number of thiophene rings is 1. The average Bonchev–Trinajstić information content (AvgIpc) is 2.99. The molecule has 0 aliphatic heterocycles. The summed E-state index contributed by atoms with van der Waals surface area (Å²) in [5, 5.41) is 8.07. The SMILES string of the molecule is O=C(c1ccc(-c2ccc3[nH]ncc3c2)s1)C1CC1. The quantitative estimate of drug-likeness (QED) is 0.733. The van der Waals surface area contributed by atoms with E-state index in [0.29, 0.717) is 11.7 Å². The molecule has 1 fully saturated rings. The number of Topliss-reactive ketones (excluding diaryl/α,β-unsaturated/α-hetero) is 1. The van der Waals surface area contributed by atoms with Gasteiger partial charge < -0.3 is 0 Å². The number of aromatic nitrogens is 2. The molecule has 0 bridgehead atoms. The number of aromatic amines is 1. The number of benzene rings is 1. The van der Waals surface area contributed by atoms with Crippen LogP contribution in [0.3, 0.4) is 0 Å². The van der Waals surface area contributed by atoms with Gasteiger partial charge in [0, 0.05) is 16.2 Å². The highest BCUT2D eigenvalue weighted by Gasteiger charge is 2.31. The van der Waals surface area contributed by atoms with E-state index in [1.54, 1.807) is 11.3 Å². The summed E-state index contributed by atoms with van der Waals surface area (Å²) in [6.45, 7) is 0. The Labute approximate surface area is 114 Å². The summed E-state index contributed by atoms with van der Waals surface area (Å²) < 4.78 is 0. The predicted octanol–water partition coefficient (Wildman–Crippen LogP) is 3.88. The Hall–Kier alpha value is -1.94. The first-order valence-corrected chi connectivity index (χ1v) is 7.20. The highest BCUT2D eigenvalue weighted by molar-refractivity contribution is 7.17. The van der Waals surface area contributed by atoms with E-state index >= 15 is 0 Å². The van der Waals surface area contributed by atoms with Crippen LogP contribution in [0.1, 0.15) is 22.5 Å². The van der Waals surface area contributed by atoms with Crippen molar-refractivity contribution in [2.75, 3.05) is 0 Å². The predicted molar refractivity (Wildman–Crippen MR) is 76.5 cm³/mol. The Balaban J connectivity index is 1.72. The Bertz CT molecular complexity index is 767. The number of nitrogens with one attached hydrogen (secondary N) is 1. The molecular formula is C15H12N2OS. The van der Waals surface area contributed by atoms with Crippen LogP contribution in [-0.2, 0) is 0 Å². The summed E-state index contributed by atoms with van der Waals surface area (Å²) in [7, 11) is 0. The lowest BCUT2D eigenvalue weighted by Crippen LogP contribution is -1.96. The smallest absolute Gasteiger partial charge is 0.175 e. The van der Waals surface area contributed by atoms with Crippen LogP contribution in [0.4, 0.5) is 0 Å². The molecule has 1 N–H and O–H groups in total. The number of nitrogens with zero attached hydrogens (tertiary/aromatic N) is 1. The van der Waals surface area contributed by atoms with Crippen molar-refractivity contribution in [3.8, 4) is 10.4 Å². The van der Waals surface area contributed by atoms with Gasteiger partial charge in [0.2, 0.25) is 0 Å². The molecule has 0 atom stereocenters. The molecule has 0 unspecified atom stereocenters. The van der Waals surface area contributed by atoms with Gasteiger partial charge in [0.05, 0.1) is 16.6 Å². The lowest BCUT2D eigenvalue weighted by molar-refractivity contribution is 0.0971. The van der Waals surface area contributed by atoms with Crippen LogP contribution in [0.5, 0.6) is 0 Å². The topological polar surface area (TPSA) is 45.8 Å². The van der Waals surface area contributed by atoms with Gasteiger partial charge in [0.1, 0.15) is 0 Å². The molecule has 94 valence electrons. The van der Waals surface area contributed by atoms with Crippen LogP contribution in [0.15, 0.2) is 36.5 Å².